The fraction of sp³-hybridized carbons (Fsp3) is 0. The molecule has 28 heavy (non-hydrogen) atoms. The summed E-state index contributed by atoms with van der Waals surface area (Å²) in [6, 6.07) is 21.8. The van der Waals surface area contributed by atoms with Gasteiger partial charge in [-0.1, -0.05) is 30.3 Å². The summed E-state index contributed by atoms with van der Waals surface area (Å²) >= 11 is 0. The van der Waals surface area contributed by atoms with E-state index in [-0.39, 0.29) is 0 Å². The molecule has 0 atom stereocenters. The van der Waals surface area contributed by atoms with Crippen LogP contribution in [0, 0.1) is 0 Å². The molecule has 0 amide bonds. The minimum Gasteiger partial charge on any atom is -0.265 e. The molecule has 3 aromatic heterocycles. The van der Waals surface area contributed by atoms with Gasteiger partial charge >= 0.3 is 0 Å². The Morgan fingerprint density at radius 3 is 2.50 bits per heavy atom. The highest BCUT2D eigenvalue weighted by Gasteiger charge is 2.11. The zero-order valence-corrected chi connectivity index (χ0v) is 14.9. The number of rotatable bonds is 4. The second-order valence-electron chi connectivity index (χ2n) is 6.27. The van der Waals surface area contributed by atoms with E-state index in [2.05, 4.69) is 15.1 Å². The predicted molar refractivity (Wildman–Crippen MR) is 110 cm³/mol. The van der Waals surface area contributed by atoms with Crippen molar-refractivity contribution in [2.45, 2.75) is 0 Å². The molecule has 6 nitrogen and oxygen atoms in total. The molecule has 0 saturated carbocycles. The van der Waals surface area contributed by atoms with Gasteiger partial charge in [-0.15, -0.1) is 0 Å². The first-order valence-corrected chi connectivity index (χ1v) is 8.90. The summed E-state index contributed by atoms with van der Waals surface area (Å²) in [7, 11) is 0. The molecular weight excluding hydrogens is 348 g/mol. The van der Waals surface area contributed by atoms with Crippen molar-refractivity contribution in [1.29, 1.82) is 0 Å². The van der Waals surface area contributed by atoms with Gasteiger partial charge in [0.1, 0.15) is 12.0 Å². The van der Waals surface area contributed by atoms with Crippen LogP contribution in [0.15, 0.2) is 96.7 Å². The molecule has 0 aliphatic heterocycles. The zero-order valence-electron chi connectivity index (χ0n) is 14.9. The largest absolute Gasteiger partial charge is 0.265 e. The van der Waals surface area contributed by atoms with Gasteiger partial charge in [-0.3, -0.25) is 4.98 Å². The second-order valence-corrected chi connectivity index (χ2v) is 6.27. The summed E-state index contributed by atoms with van der Waals surface area (Å²) in [6.07, 6.45) is 9.04. The highest BCUT2D eigenvalue weighted by atomic mass is 15.4. The van der Waals surface area contributed by atoms with Crippen molar-refractivity contribution in [3.05, 3.63) is 97.2 Å². The quantitative estimate of drug-likeness (QED) is 0.450. The normalized spacial score (nSPS) is 11.4. The first kappa shape index (κ1) is 16.1. The molecule has 0 unspecified atom stereocenters. The molecule has 5 aromatic rings. The Hall–Kier alpha value is -4.06. The minimum absolute atomic E-state index is 0.847. The van der Waals surface area contributed by atoms with Crippen LogP contribution in [0.3, 0.4) is 0 Å². The van der Waals surface area contributed by atoms with E-state index in [1.54, 1.807) is 23.4 Å². The van der Waals surface area contributed by atoms with Crippen LogP contribution < -0.4 is 0 Å². The van der Waals surface area contributed by atoms with Crippen molar-refractivity contribution in [2.24, 2.45) is 5.10 Å². The third-order valence-electron chi connectivity index (χ3n) is 4.47. The van der Waals surface area contributed by atoms with Crippen LogP contribution in [-0.4, -0.2) is 30.6 Å². The lowest BCUT2D eigenvalue weighted by Crippen LogP contribution is -1.93. The number of pyridine rings is 1. The smallest absolute Gasteiger partial charge is 0.118 e. The Bertz CT molecular complexity index is 1250. The van der Waals surface area contributed by atoms with E-state index in [1.807, 2.05) is 83.8 Å². The number of fused-ring (bicyclic) bond motifs is 1. The van der Waals surface area contributed by atoms with Crippen LogP contribution in [0.1, 0.15) is 5.56 Å². The number of hydrogen-bond acceptors (Lipinski definition) is 4. The van der Waals surface area contributed by atoms with Crippen molar-refractivity contribution >= 4 is 17.2 Å². The Kier molecular flexibility index (Phi) is 3.99. The molecular formula is C22H16N6. The number of aromatic nitrogens is 5. The fourth-order valence-electron chi connectivity index (χ4n) is 3.09. The summed E-state index contributed by atoms with van der Waals surface area (Å²) in [4.78, 5) is 8.49. The standard InChI is InChI=1S/C22H16N6/c1-2-6-19(7-3-1)27-15-18(22(26-27)17-10-12-23-13-11-17)14-25-28-16-24-20-8-4-5-9-21(20)28/h1-16H/b25-14-. The second kappa shape index (κ2) is 6.92. The molecule has 0 spiro atoms. The van der Waals surface area contributed by atoms with Crippen molar-refractivity contribution < 1.29 is 0 Å². The Morgan fingerprint density at radius 2 is 1.64 bits per heavy atom. The maximum Gasteiger partial charge on any atom is 0.118 e. The van der Waals surface area contributed by atoms with Crippen LogP contribution in [-0.2, 0) is 0 Å². The molecule has 134 valence electrons. The Morgan fingerprint density at radius 1 is 0.857 bits per heavy atom. The summed E-state index contributed by atoms with van der Waals surface area (Å²) in [5.74, 6) is 0. The van der Waals surface area contributed by atoms with Gasteiger partial charge < -0.3 is 0 Å². The molecule has 6 heteroatoms. The predicted octanol–water partition coefficient (Wildman–Crippen LogP) is 4.17. The number of benzene rings is 2. The van der Waals surface area contributed by atoms with Gasteiger partial charge in [-0.25, -0.2) is 14.3 Å². The topological polar surface area (TPSA) is 60.9 Å². The minimum atomic E-state index is 0.847. The summed E-state index contributed by atoms with van der Waals surface area (Å²) in [6.45, 7) is 0. The van der Waals surface area contributed by atoms with Crippen molar-refractivity contribution in [3.63, 3.8) is 0 Å². The lowest BCUT2D eigenvalue weighted by atomic mass is 10.1. The summed E-state index contributed by atoms with van der Waals surface area (Å²) in [5.41, 5.74) is 5.60. The average molecular weight is 364 g/mol. The molecule has 5 rings (SSSR count). The van der Waals surface area contributed by atoms with Crippen molar-refractivity contribution in [3.8, 4) is 16.9 Å². The van der Waals surface area contributed by atoms with Crippen LogP contribution in [0.2, 0.25) is 0 Å². The maximum absolute atomic E-state index is 4.79. The number of imidazole rings is 1. The van der Waals surface area contributed by atoms with Crippen molar-refractivity contribution in [2.75, 3.05) is 0 Å². The van der Waals surface area contributed by atoms with Gasteiger partial charge in [0.15, 0.2) is 0 Å². The molecule has 2 aromatic carbocycles. The van der Waals surface area contributed by atoms with Gasteiger partial charge in [0, 0.05) is 29.7 Å². The van der Waals surface area contributed by atoms with Gasteiger partial charge in [0.2, 0.25) is 0 Å². The summed E-state index contributed by atoms with van der Waals surface area (Å²) in [5, 5.41) is 9.40. The van der Waals surface area contributed by atoms with Gasteiger partial charge in [0.05, 0.1) is 22.9 Å². The fourth-order valence-corrected chi connectivity index (χ4v) is 3.09. The number of nitrogens with zero attached hydrogens (tertiary/aromatic N) is 6. The average Bonchev–Trinajstić information content (AvgIpc) is 3.38. The van der Waals surface area contributed by atoms with Gasteiger partial charge in [0.25, 0.3) is 0 Å². The van der Waals surface area contributed by atoms with Crippen LogP contribution in [0.25, 0.3) is 28.0 Å². The Labute approximate surface area is 161 Å². The lowest BCUT2D eigenvalue weighted by Gasteiger charge is -2.00. The van der Waals surface area contributed by atoms with E-state index in [4.69, 9.17) is 5.10 Å². The molecule has 0 radical (unpaired) electrons. The first-order valence-electron chi connectivity index (χ1n) is 8.90. The lowest BCUT2D eigenvalue weighted by molar-refractivity contribution is 0.884. The van der Waals surface area contributed by atoms with Gasteiger partial charge in [-0.2, -0.15) is 10.2 Å². The first-order chi connectivity index (χ1) is 13.9. The highest BCUT2D eigenvalue weighted by molar-refractivity contribution is 5.89. The molecule has 0 saturated heterocycles. The SMILES string of the molecule is C(=N/n1cnc2ccccc21)/c1cn(-c2ccccc2)nc1-c1ccncc1. The molecule has 0 aliphatic rings. The molecule has 3 heterocycles. The van der Waals surface area contributed by atoms with E-state index < -0.39 is 0 Å². The van der Waals surface area contributed by atoms with E-state index >= 15 is 0 Å². The van der Waals surface area contributed by atoms with E-state index in [9.17, 15) is 0 Å². The van der Waals surface area contributed by atoms with Crippen molar-refractivity contribution in [1.82, 2.24) is 24.4 Å². The van der Waals surface area contributed by atoms with Gasteiger partial charge in [-0.05, 0) is 36.4 Å². The number of para-hydroxylation sites is 3. The zero-order chi connectivity index (χ0) is 18.8. The maximum atomic E-state index is 4.79. The molecule has 0 aliphatic carbocycles. The monoisotopic (exact) mass is 364 g/mol. The third-order valence-corrected chi connectivity index (χ3v) is 4.47. The molecule has 0 N–H and O–H groups in total. The van der Waals surface area contributed by atoms with E-state index in [0.717, 1.165) is 33.5 Å². The van der Waals surface area contributed by atoms with Crippen LogP contribution >= 0.6 is 0 Å². The van der Waals surface area contributed by atoms with Crippen LogP contribution in [0.4, 0.5) is 0 Å². The third kappa shape index (κ3) is 2.97. The molecule has 0 bridgehead atoms. The highest BCUT2D eigenvalue weighted by Crippen LogP contribution is 2.22. The van der Waals surface area contributed by atoms with E-state index in [1.165, 1.54) is 0 Å². The molecule has 0 fully saturated rings. The summed E-state index contributed by atoms with van der Waals surface area (Å²) < 4.78 is 3.63. The van der Waals surface area contributed by atoms with E-state index in [0.29, 0.717) is 0 Å². The Balaban J connectivity index is 1.60. The van der Waals surface area contributed by atoms with Crippen LogP contribution in [0.5, 0.6) is 0 Å². The number of hydrogen-bond donors (Lipinski definition) is 0.